The van der Waals surface area contributed by atoms with Gasteiger partial charge < -0.3 is 4.74 Å². The molecular weight excluding hydrogens is 202 g/mol. The molecule has 0 aromatic carbocycles. The van der Waals surface area contributed by atoms with E-state index in [4.69, 9.17) is 4.74 Å². The molecule has 1 aliphatic carbocycles. The number of morpholine rings is 1. The Hall–Kier alpha value is -0.160. The van der Waals surface area contributed by atoms with Gasteiger partial charge in [0.15, 0.2) is 0 Å². The molecule has 2 bridgehead atoms. The van der Waals surface area contributed by atoms with Gasteiger partial charge in [0, 0.05) is 33.2 Å². The highest BCUT2D eigenvalue weighted by molar-refractivity contribution is 4.98. The lowest BCUT2D eigenvalue weighted by Gasteiger charge is -2.46. The van der Waals surface area contributed by atoms with Crippen LogP contribution < -0.4 is 0 Å². The van der Waals surface area contributed by atoms with E-state index in [0.29, 0.717) is 6.17 Å². The molecule has 1 saturated carbocycles. The van der Waals surface area contributed by atoms with Gasteiger partial charge in [0.1, 0.15) is 0 Å². The number of piperidine rings is 1. The molecule has 3 fully saturated rings. The second kappa shape index (κ2) is 4.26. The Bertz CT molecular complexity index is 253. The molecule has 0 aromatic rings. The molecule has 92 valence electrons. The molecule has 3 aliphatic rings. The average Bonchev–Trinajstić information content (AvgIpc) is 2.89. The van der Waals surface area contributed by atoms with Gasteiger partial charge in [-0.1, -0.05) is 0 Å². The summed E-state index contributed by atoms with van der Waals surface area (Å²) in [5.74, 6) is 0.894. The molecule has 3 rings (SSSR count). The summed E-state index contributed by atoms with van der Waals surface area (Å²) < 4.78 is 5.46. The minimum absolute atomic E-state index is 0.651. The number of hydrogen-bond donors (Lipinski definition) is 0. The Morgan fingerprint density at radius 2 is 1.88 bits per heavy atom. The van der Waals surface area contributed by atoms with E-state index < -0.39 is 0 Å². The molecule has 0 radical (unpaired) electrons. The summed E-state index contributed by atoms with van der Waals surface area (Å²) in [4.78, 5) is 2.63. The molecule has 4 nitrogen and oxygen atoms in total. The lowest BCUT2D eigenvalue weighted by atomic mass is 10.0. The molecule has 0 amide bonds. The third kappa shape index (κ3) is 1.68. The number of hydrazine groups is 1. The Balaban J connectivity index is 1.76. The average molecular weight is 225 g/mol. The van der Waals surface area contributed by atoms with Crippen LogP contribution in [0.15, 0.2) is 0 Å². The van der Waals surface area contributed by atoms with E-state index in [1.807, 2.05) is 0 Å². The van der Waals surface area contributed by atoms with Crippen molar-refractivity contribution < 1.29 is 4.74 Å². The van der Waals surface area contributed by atoms with Crippen LogP contribution in [0.2, 0.25) is 0 Å². The Morgan fingerprint density at radius 1 is 1.12 bits per heavy atom. The zero-order valence-corrected chi connectivity index (χ0v) is 10.4. The van der Waals surface area contributed by atoms with Crippen molar-refractivity contribution >= 4 is 0 Å². The van der Waals surface area contributed by atoms with Crippen LogP contribution in [-0.4, -0.2) is 67.5 Å². The van der Waals surface area contributed by atoms with Crippen LogP contribution >= 0.6 is 0 Å². The first-order chi connectivity index (χ1) is 7.77. The molecule has 2 aliphatic heterocycles. The van der Waals surface area contributed by atoms with Gasteiger partial charge in [-0.3, -0.25) is 4.90 Å². The second-order valence-electron chi connectivity index (χ2n) is 5.52. The lowest BCUT2D eigenvalue weighted by molar-refractivity contribution is -0.129. The van der Waals surface area contributed by atoms with Gasteiger partial charge >= 0.3 is 0 Å². The SMILES string of the molecule is CN(C)N1C2CCC(C2)C1N1CCOCC1. The first-order valence-corrected chi connectivity index (χ1v) is 6.55. The van der Waals surface area contributed by atoms with Crippen LogP contribution in [0.1, 0.15) is 19.3 Å². The van der Waals surface area contributed by atoms with E-state index in [2.05, 4.69) is 29.0 Å². The quantitative estimate of drug-likeness (QED) is 0.685. The Labute approximate surface area is 98.1 Å². The van der Waals surface area contributed by atoms with Crippen LogP contribution in [0.25, 0.3) is 0 Å². The van der Waals surface area contributed by atoms with Crippen LogP contribution in [-0.2, 0) is 4.74 Å². The molecule has 0 spiro atoms. The van der Waals surface area contributed by atoms with Crippen LogP contribution in [0.4, 0.5) is 0 Å². The van der Waals surface area contributed by atoms with Crippen LogP contribution in [0, 0.1) is 5.92 Å². The van der Waals surface area contributed by atoms with E-state index in [0.717, 1.165) is 38.3 Å². The molecule has 2 heterocycles. The first kappa shape index (κ1) is 11.0. The summed E-state index contributed by atoms with van der Waals surface area (Å²) >= 11 is 0. The maximum atomic E-state index is 5.46. The van der Waals surface area contributed by atoms with Gasteiger partial charge in [-0.2, -0.15) is 0 Å². The predicted molar refractivity (Wildman–Crippen MR) is 62.8 cm³/mol. The zero-order valence-electron chi connectivity index (χ0n) is 10.4. The number of rotatable bonds is 2. The van der Waals surface area contributed by atoms with E-state index in [1.54, 1.807) is 0 Å². The minimum atomic E-state index is 0.651. The Morgan fingerprint density at radius 3 is 2.56 bits per heavy atom. The fourth-order valence-electron chi connectivity index (χ4n) is 3.81. The van der Waals surface area contributed by atoms with Crippen molar-refractivity contribution in [3.8, 4) is 0 Å². The summed E-state index contributed by atoms with van der Waals surface area (Å²) in [5, 5.41) is 4.92. The standard InChI is InChI=1S/C12H23N3O/c1-13(2)15-11-4-3-10(9-11)12(15)14-5-7-16-8-6-14/h10-12H,3-9H2,1-2H3. The number of ether oxygens (including phenoxy) is 1. The molecule has 2 saturated heterocycles. The topological polar surface area (TPSA) is 19.0 Å². The first-order valence-electron chi connectivity index (χ1n) is 6.55. The smallest absolute Gasteiger partial charge is 0.0793 e. The van der Waals surface area contributed by atoms with Crippen molar-refractivity contribution in [3.05, 3.63) is 0 Å². The van der Waals surface area contributed by atoms with Crippen molar-refractivity contribution in [2.45, 2.75) is 31.5 Å². The summed E-state index contributed by atoms with van der Waals surface area (Å²) in [7, 11) is 4.38. The van der Waals surface area contributed by atoms with E-state index in [1.165, 1.54) is 19.3 Å². The molecular formula is C12H23N3O. The summed E-state index contributed by atoms with van der Waals surface area (Å²) in [6.45, 7) is 4.04. The zero-order chi connectivity index (χ0) is 11.1. The fraction of sp³-hybridized carbons (Fsp3) is 1.00. The van der Waals surface area contributed by atoms with Crippen LogP contribution in [0.5, 0.6) is 0 Å². The fourth-order valence-corrected chi connectivity index (χ4v) is 3.81. The predicted octanol–water partition coefficient (Wildman–Crippen LogP) is 0.606. The van der Waals surface area contributed by atoms with Crippen molar-refractivity contribution in [2.24, 2.45) is 5.92 Å². The van der Waals surface area contributed by atoms with Gasteiger partial charge in [-0.15, -0.1) is 0 Å². The van der Waals surface area contributed by atoms with E-state index in [-0.39, 0.29) is 0 Å². The van der Waals surface area contributed by atoms with Gasteiger partial charge in [0.2, 0.25) is 0 Å². The van der Waals surface area contributed by atoms with Crippen LogP contribution in [0.3, 0.4) is 0 Å². The summed E-state index contributed by atoms with van der Waals surface area (Å²) in [5.41, 5.74) is 0. The van der Waals surface area contributed by atoms with Crippen molar-refractivity contribution in [1.29, 1.82) is 0 Å². The maximum absolute atomic E-state index is 5.46. The number of fused-ring (bicyclic) bond motifs is 2. The summed E-state index contributed by atoms with van der Waals surface area (Å²) in [6, 6.07) is 0.799. The maximum Gasteiger partial charge on any atom is 0.0793 e. The monoisotopic (exact) mass is 225 g/mol. The number of nitrogens with zero attached hydrogens (tertiary/aromatic N) is 3. The molecule has 0 aromatic heterocycles. The summed E-state index contributed by atoms with van der Waals surface area (Å²) in [6.07, 6.45) is 4.87. The third-order valence-electron chi connectivity index (χ3n) is 4.39. The second-order valence-corrected chi connectivity index (χ2v) is 5.52. The van der Waals surface area contributed by atoms with Crippen molar-refractivity contribution in [2.75, 3.05) is 40.4 Å². The van der Waals surface area contributed by atoms with Crippen molar-refractivity contribution in [3.63, 3.8) is 0 Å². The molecule has 4 heteroatoms. The molecule has 16 heavy (non-hydrogen) atoms. The highest BCUT2D eigenvalue weighted by atomic mass is 16.5. The molecule has 0 N–H and O–H groups in total. The number of hydrogen-bond acceptors (Lipinski definition) is 4. The minimum Gasteiger partial charge on any atom is -0.379 e. The third-order valence-corrected chi connectivity index (χ3v) is 4.39. The highest BCUT2D eigenvalue weighted by Crippen LogP contribution is 2.43. The van der Waals surface area contributed by atoms with E-state index >= 15 is 0 Å². The van der Waals surface area contributed by atoms with Crippen molar-refractivity contribution in [1.82, 2.24) is 14.9 Å². The lowest BCUT2D eigenvalue weighted by Crippen LogP contribution is -2.58. The van der Waals surface area contributed by atoms with Gasteiger partial charge in [0.25, 0.3) is 0 Å². The largest absolute Gasteiger partial charge is 0.379 e. The highest BCUT2D eigenvalue weighted by Gasteiger charge is 2.49. The van der Waals surface area contributed by atoms with Gasteiger partial charge in [0.05, 0.1) is 19.4 Å². The molecule has 3 unspecified atom stereocenters. The van der Waals surface area contributed by atoms with E-state index in [9.17, 15) is 0 Å². The van der Waals surface area contributed by atoms with Gasteiger partial charge in [-0.05, 0) is 25.2 Å². The Kier molecular flexibility index (Phi) is 2.92. The molecule has 3 atom stereocenters. The van der Waals surface area contributed by atoms with Gasteiger partial charge in [-0.25, -0.2) is 10.0 Å². The normalized spacial score (nSPS) is 41.1.